The molecule has 0 aliphatic heterocycles. The quantitative estimate of drug-likeness (QED) is 0.471. The second-order valence-corrected chi connectivity index (χ2v) is 7.19. The normalized spacial score (nSPS) is 10.3. The number of hydrogen-bond acceptors (Lipinski definition) is 4. The van der Waals surface area contributed by atoms with E-state index in [1.807, 2.05) is 66.7 Å². The number of rotatable bonds is 5. The second-order valence-electron chi connectivity index (χ2n) is 7.19. The van der Waals surface area contributed by atoms with Crippen LogP contribution in [0.15, 0.2) is 95.8 Å². The number of hydrogen-bond donors (Lipinski definition) is 2. The predicted molar refractivity (Wildman–Crippen MR) is 126 cm³/mol. The van der Waals surface area contributed by atoms with Crippen LogP contribution in [-0.2, 0) is 11.3 Å². The highest BCUT2D eigenvalue weighted by atomic mass is 16.2. The number of para-hydroxylation sites is 2. The van der Waals surface area contributed by atoms with E-state index >= 15 is 0 Å². The van der Waals surface area contributed by atoms with Gasteiger partial charge in [0, 0.05) is 5.56 Å². The summed E-state index contributed by atoms with van der Waals surface area (Å²) in [4.78, 5) is 26.2. The lowest BCUT2D eigenvalue weighted by Gasteiger charge is -2.17. The average molecular weight is 420 g/mol. The summed E-state index contributed by atoms with van der Waals surface area (Å²) in [5, 5.41) is 12.5. The fourth-order valence-electron chi connectivity index (χ4n) is 3.55. The van der Waals surface area contributed by atoms with Crippen molar-refractivity contribution >= 4 is 17.3 Å². The molecule has 0 aliphatic rings. The summed E-state index contributed by atoms with van der Waals surface area (Å²) in [5.41, 5.74) is 8.87. The van der Waals surface area contributed by atoms with Gasteiger partial charge in [-0.1, -0.05) is 72.8 Å². The third kappa shape index (κ3) is 4.13. The van der Waals surface area contributed by atoms with Crippen molar-refractivity contribution in [2.75, 3.05) is 11.1 Å². The number of pyridine rings is 1. The Labute approximate surface area is 185 Å². The third-order valence-corrected chi connectivity index (χ3v) is 5.10. The molecule has 6 nitrogen and oxygen atoms in total. The molecule has 3 aromatic carbocycles. The van der Waals surface area contributed by atoms with E-state index in [0.717, 1.165) is 11.1 Å². The molecule has 32 heavy (non-hydrogen) atoms. The molecule has 1 heterocycles. The number of carbonyl (C=O) groups excluding carboxylic acids is 1. The highest BCUT2D eigenvalue weighted by Crippen LogP contribution is 2.27. The molecule has 0 spiro atoms. The summed E-state index contributed by atoms with van der Waals surface area (Å²) in [7, 11) is 0. The van der Waals surface area contributed by atoms with E-state index in [9.17, 15) is 14.9 Å². The van der Waals surface area contributed by atoms with E-state index < -0.39 is 11.5 Å². The van der Waals surface area contributed by atoms with Crippen molar-refractivity contribution in [2.45, 2.75) is 6.54 Å². The van der Waals surface area contributed by atoms with E-state index in [4.69, 9.17) is 5.73 Å². The van der Waals surface area contributed by atoms with E-state index in [-0.39, 0.29) is 12.1 Å². The minimum absolute atomic E-state index is 0.0112. The van der Waals surface area contributed by atoms with Gasteiger partial charge in [-0.3, -0.25) is 14.2 Å². The van der Waals surface area contributed by atoms with Gasteiger partial charge < -0.3 is 11.1 Å². The zero-order chi connectivity index (χ0) is 22.5. The molecule has 0 fully saturated rings. The van der Waals surface area contributed by atoms with Gasteiger partial charge in [-0.25, -0.2) is 0 Å². The maximum atomic E-state index is 13.4. The Morgan fingerprint density at radius 3 is 2.12 bits per heavy atom. The van der Waals surface area contributed by atoms with Crippen molar-refractivity contribution < 1.29 is 4.79 Å². The molecule has 0 radical (unpaired) electrons. The highest BCUT2D eigenvalue weighted by molar-refractivity contribution is 5.94. The number of nitrogens with zero attached hydrogens (tertiary/aromatic N) is 2. The molecule has 0 unspecified atom stereocenters. The number of nitriles is 1. The summed E-state index contributed by atoms with van der Waals surface area (Å²) >= 11 is 0. The maximum Gasteiger partial charge on any atom is 0.270 e. The first-order valence-corrected chi connectivity index (χ1v) is 10.0. The summed E-state index contributed by atoms with van der Waals surface area (Å²) in [6.45, 7) is -0.263. The Bertz CT molecular complexity index is 1370. The molecule has 1 amide bonds. The van der Waals surface area contributed by atoms with E-state index in [1.165, 1.54) is 4.57 Å². The lowest BCUT2D eigenvalue weighted by Crippen LogP contribution is -2.31. The van der Waals surface area contributed by atoms with Crippen LogP contribution in [0.25, 0.3) is 22.4 Å². The molecule has 0 atom stereocenters. The zero-order valence-corrected chi connectivity index (χ0v) is 17.2. The molecule has 0 saturated carbocycles. The van der Waals surface area contributed by atoms with E-state index in [1.54, 1.807) is 30.3 Å². The Morgan fingerprint density at radius 1 is 0.906 bits per heavy atom. The standard InChI is InChI=1S/C26H20N4O2/c27-16-21-20(18-9-3-1-4-10-18)15-24(19-11-5-2-6-12-19)30(26(21)32)17-25(31)29-23-14-8-7-13-22(23)28/h1-15H,17,28H2,(H,29,31). The minimum Gasteiger partial charge on any atom is -0.397 e. The van der Waals surface area contributed by atoms with Crippen molar-refractivity contribution in [3.63, 3.8) is 0 Å². The molecule has 6 heteroatoms. The summed E-state index contributed by atoms with van der Waals surface area (Å²) in [6, 6.07) is 29.3. The number of anilines is 2. The van der Waals surface area contributed by atoms with Crippen LogP contribution in [0.4, 0.5) is 11.4 Å². The average Bonchev–Trinajstić information content (AvgIpc) is 2.82. The SMILES string of the molecule is N#Cc1c(-c2ccccc2)cc(-c2ccccc2)n(CC(=O)Nc2ccccc2N)c1=O. The van der Waals surface area contributed by atoms with Crippen molar-refractivity contribution in [1.29, 1.82) is 5.26 Å². The predicted octanol–water partition coefficient (Wildman–Crippen LogP) is 4.27. The first kappa shape index (κ1) is 20.6. The monoisotopic (exact) mass is 420 g/mol. The molecule has 156 valence electrons. The van der Waals surface area contributed by atoms with Gasteiger partial charge in [0.25, 0.3) is 5.56 Å². The maximum absolute atomic E-state index is 13.4. The van der Waals surface area contributed by atoms with Gasteiger partial charge in [0.05, 0.1) is 17.1 Å². The van der Waals surface area contributed by atoms with Crippen LogP contribution in [0.1, 0.15) is 5.56 Å². The van der Waals surface area contributed by atoms with E-state index in [2.05, 4.69) is 5.32 Å². The van der Waals surface area contributed by atoms with Crippen molar-refractivity contribution in [2.24, 2.45) is 0 Å². The molecule has 4 aromatic rings. The molecule has 0 aliphatic carbocycles. The molecular weight excluding hydrogens is 400 g/mol. The van der Waals surface area contributed by atoms with Gasteiger partial charge in [0.2, 0.25) is 5.91 Å². The fraction of sp³-hybridized carbons (Fsp3) is 0.0385. The van der Waals surface area contributed by atoms with Crippen LogP contribution < -0.4 is 16.6 Å². The molecule has 1 aromatic heterocycles. The lowest BCUT2D eigenvalue weighted by molar-refractivity contribution is -0.116. The van der Waals surface area contributed by atoms with E-state index in [0.29, 0.717) is 22.6 Å². The van der Waals surface area contributed by atoms with Gasteiger partial charge in [-0.15, -0.1) is 0 Å². The van der Waals surface area contributed by atoms with Gasteiger partial charge in [-0.2, -0.15) is 5.26 Å². The summed E-state index contributed by atoms with van der Waals surface area (Å²) in [5.74, 6) is -0.418. The van der Waals surface area contributed by atoms with Crippen molar-refractivity contribution in [1.82, 2.24) is 4.57 Å². The van der Waals surface area contributed by atoms with Gasteiger partial charge in [0.1, 0.15) is 18.2 Å². The second kappa shape index (κ2) is 9.02. The Morgan fingerprint density at radius 2 is 1.50 bits per heavy atom. The topological polar surface area (TPSA) is 101 Å². The van der Waals surface area contributed by atoms with Crippen LogP contribution in [0, 0.1) is 11.3 Å². The summed E-state index contributed by atoms with van der Waals surface area (Å²) in [6.07, 6.45) is 0. The number of nitrogens with two attached hydrogens (primary N) is 1. The fourth-order valence-corrected chi connectivity index (χ4v) is 3.55. The minimum atomic E-state index is -0.524. The van der Waals surface area contributed by atoms with Crippen LogP contribution >= 0.6 is 0 Å². The lowest BCUT2D eigenvalue weighted by atomic mass is 9.98. The molecule has 3 N–H and O–H groups in total. The number of aromatic nitrogens is 1. The Hall–Kier alpha value is -4.63. The highest BCUT2D eigenvalue weighted by Gasteiger charge is 2.19. The number of carbonyl (C=O) groups is 1. The number of nitrogen functional groups attached to an aromatic ring is 1. The first-order valence-electron chi connectivity index (χ1n) is 10.0. The van der Waals surface area contributed by atoms with Crippen molar-refractivity contribution in [3.8, 4) is 28.5 Å². The van der Waals surface area contributed by atoms with Crippen LogP contribution in [0.2, 0.25) is 0 Å². The van der Waals surface area contributed by atoms with Gasteiger partial charge in [0.15, 0.2) is 0 Å². The number of benzene rings is 3. The van der Waals surface area contributed by atoms with Crippen molar-refractivity contribution in [3.05, 3.63) is 107 Å². The van der Waals surface area contributed by atoms with Gasteiger partial charge in [-0.05, 0) is 29.3 Å². The van der Waals surface area contributed by atoms with Gasteiger partial charge >= 0.3 is 0 Å². The summed E-state index contributed by atoms with van der Waals surface area (Å²) < 4.78 is 1.33. The molecular formula is C26H20N4O2. The molecule has 0 bridgehead atoms. The molecule has 0 saturated heterocycles. The zero-order valence-electron chi connectivity index (χ0n) is 17.2. The Kier molecular flexibility index (Phi) is 5.82. The smallest absolute Gasteiger partial charge is 0.270 e. The number of amides is 1. The number of nitrogens with one attached hydrogen (secondary N) is 1. The van der Waals surface area contributed by atoms with Crippen LogP contribution in [-0.4, -0.2) is 10.5 Å². The Balaban J connectivity index is 1.84. The third-order valence-electron chi connectivity index (χ3n) is 5.10. The van der Waals surface area contributed by atoms with Crippen LogP contribution in [0.3, 0.4) is 0 Å². The molecule has 4 rings (SSSR count). The van der Waals surface area contributed by atoms with Crippen LogP contribution in [0.5, 0.6) is 0 Å². The largest absolute Gasteiger partial charge is 0.397 e. The first-order chi connectivity index (χ1) is 15.6.